The average molecular weight is 283 g/mol. The SMILES string of the molecule is C[C@@H]1[C@@H](C)CCC[C@H]1Nc1ccc([N+](=O)[O-])cc1Cl. The molecule has 1 fully saturated rings. The first kappa shape index (κ1) is 14.1. The van der Waals surface area contributed by atoms with Crippen LogP contribution in [0, 0.1) is 22.0 Å². The molecular weight excluding hydrogens is 264 g/mol. The van der Waals surface area contributed by atoms with Crippen LogP contribution in [0.15, 0.2) is 18.2 Å². The first-order valence-electron chi connectivity index (χ1n) is 6.69. The van der Waals surface area contributed by atoms with Crippen LogP contribution in [0.2, 0.25) is 5.02 Å². The molecule has 0 aliphatic heterocycles. The zero-order valence-corrected chi connectivity index (χ0v) is 12.0. The van der Waals surface area contributed by atoms with E-state index in [0.717, 1.165) is 12.1 Å². The molecule has 1 aliphatic carbocycles. The van der Waals surface area contributed by atoms with E-state index in [-0.39, 0.29) is 5.69 Å². The zero-order chi connectivity index (χ0) is 14.0. The van der Waals surface area contributed by atoms with Gasteiger partial charge in [-0.15, -0.1) is 0 Å². The van der Waals surface area contributed by atoms with Crippen LogP contribution in [0.25, 0.3) is 0 Å². The summed E-state index contributed by atoms with van der Waals surface area (Å²) < 4.78 is 0. The maximum atomic E-state index is 10.7. The summed E-state index contributed by atoms with van der Waals surface area (Å²) in [7, 11) is 0. The molecule has 0 radical (unpaired) electrons. The molecule has 0 spiro atoms. The topological polar surface area (TPSA) is 55.2 Å². The Labute approximate surface area is 118 Å². The van der Waals surface area contributed by atoms with Crippen molar-refractivity contribution in [1.29, 1.82) is 0 Å². The fourth-order valence-corrected chi connectivity index (χ4v) is 2.95. The minimum atomic E-state index is -0.430. The Bertz CT molecular complexity index is 479. The molecular formula is C14H19ClN2O2. The average Bonchev–Trinajstić information content (AvgIpc) is 2.37. The minimum Gasteiger partial charge on any atom is -0.381 e. The Morgan fingerprint density at radius 2 is 2.11 bits per heavy atom. The summed E-state index contributed by atoms with van der Waals surface area (Å²) in [6.45, 7) is 4.52. The molecule has 0 saturated heterocycles. The Kier molecular flexibility index (Phi) is 4.30. The molecule has 1 aliphatic rings. The molecule has 0 heterocycles. The molecule has 5 heteroatoms. The second-order valence-electron chi connectivity index (χ2n) is 5.44. The van der Waals surface area contributed by atoms with Gasteiger partial charge in [-0.1, -0.05) is 38.3 Å². The number of non-ortho nitro benzene ring substituents is 1. The molecule has 0 aromatic heterocycles. The lowest BCUT2D eigenvalue weighted by atomic mass is 9.78. The van der Waals surface area contributed by atoms with Gasteiger partial charge in [-0.05, 0) is 24.3 Å². The lowest BCUT2D eigenvalue weighted by Crippen LogP contribution is -2.35. The third kappa shape index (κ3) is 3.18. The molecule has 0 unspecified atom stereocenters. The number of hydrogen-bond donors (Lipinski definition) is 1. The van der Waals surface area contributed by atoms with Crippen molar-refractivity contribution < 1.29 is 4.92 Å². The molecule has 3 atom stereocenters. The number of nitrogens with one attached hydrogen (secondary N) is 1. The predicted octanol–water partition coefficient (Wildman–Crippen LogP) is 4.48. The van der Waals surface area contributed by atoms with Crippen molar-refractivity contribution in [3.63, 3.8) is 0 Å². The third-order valence-electron chi connectivity index (χ3n) is 4.21. The van der Waals surface area contributed by atoms with Crippen molar-refractivity contribution >= 4 is 23.0 Å². The molecule has 4 nitrogen and oxygen atoms in total. The van der Waals surface area contributed by atoms with Crippen molar-refractivity contribution in [3.8, 4) is 0 Å². The monoisotopic (exact) mass is 282 g/mol. The van der Waals surface area contributed by atoms with Crippen molar-refractivity contribution in [2.75, 3.05) is 5.32 Å². The summed E-state index contributed by atoms with van der Waals surface area (Å²) in [5, 5.41) is 14.5. The van der Waals surface area contributed by atoms with E-state index in [1.807, 2.05) is 0 Å². The number of nitro groups is 1. The van der Waals surface area contributed by atoms with Gasteiger partial charge in [0.15, 0.2) is 0 Å². The van der Waals surface area contributed by atoms with Crippen LogP contribution in [-0.2, 0) is 0 Å². The van der Waals surface area contributed by atoms with Crippen molar-refractivity contribution in [2.45, 2.75) is 39.2 Å². The van der Waals surface area contributed by atoms with E-state index in [1.54, 1.807) is 6.07 Å². The minimum absolute atomic E-state index is 0.0283. The van der Waals surface area contributed by atoms with Crippen LogP contribution in [-0.4, -0.2) is 11.0 Å². The summed E-state index contributed by atoms with van der Waals surface area (Å²) in [6, 6.07) is 4.99. The fraction of sp³-hybridized carbons (Fsp3) is 0.571. The second-order valence-corrected chi connectivity index (χ2v) is 5.85. The van der Waals surface area contributed by atoms with Crippen molar-refractivity contribution in [2.24, 2.45) is 11.8 Å². The van der Waals surface area contributed by atoms with E-state index in [4.69, 9.17) is 11.6 Å². The summed E-state index contributed by atoms with van der Waals surface area (Å²) in [5.41, 5.74) is 0.818. The normalized spacial score (nSPS) is 27.0. The second kappa shape index (κ2) is 5.78. The number of hydrogen-bond acceptors (Lipinski definition) is 3. The molecule has 1 aromatic carbocycles. The summed E-state index contributed by atoms with van der Waals surface area (Å²) in [5.74, 6) is 1.28. The standard InChI is InChI=1S/C14H19ClN2O2/c1-9-4-3-5-13(10(9)2)16-14-7-6-11(17(18)19)8-12(14)15/h6-10,13,16H,3-5H2,1-2H3/t9-,10+,13+/m0/s1. The van der Waals surface area contributed by atoms with Gasteiger partial charge in [0.2, 0.25) is 0 Å². The number of benzene rings is 1. The summed E-state index contributed by atoms with van der Waals surface area (Å²) in [6.07, 6.45) is 3.61. The van der Waals surface area contributed by atoms with E-state index in [1.165, 1.54) is 25.0 Å². The van der Waals surface area contributed by atoms with Crippen LogP contribution in [0.3, 0.4) is 0 Å². The Morgan fingerprint density at radius 1 is 1.37 bits per heavy atom. The first-order chi connectivity index (χ1) is 8.99. The predicted molar refractivity (Wildman–Crippen MR) is 77.7 cm³/mol. The molecule has 0 amide bonds. The smallest absolute Gasteiger partial charge is 0.271 e. The van der Waals surface area contributed by atoms with Gasteiger partial charge >= 0.3 is 0 Å². The fourth-order valence-electron chi connectivity index (χ4n) is 2.72. The molecule has 0 bridgehead atoms. The van der Waals surface area contributed by atoms with Gasteiger partial charge in [-0.2, -0.15) is 0 Å². The molecule has 1 aromatic rings. The largest absolute Gasteiger partial charge is 0.381 e. The Balaban J connectivity index is 2.12. The van der Waals surface area contributed by atoms with Gasteiger partial charge in [-0.3, -0.25) is 10.1 Å². The van der Waals surface area contributed by atoms with Gasteiger partial charge in [0.05, 0.1) is 15.6 Å². The molecule has 19 heavy (non-hydrogen) atoms. The van der Waals surface area contributed by atoms with Crippen LogP contribution < -0.4 is 5.32 Å². The van der Waals surface area contributed by atoms with Gasteiger partial charge in [0, 0.05) is 18.2 Å². The first-order valence-corrected chi connectivity index (χ1v) is 7.07. The van der Waals surface area contributed by atoms with Gasteiger partial charge < -0.3 is 5.32 Å². The third-order valence-corrected chi connectivity index (χ3v) is 4.52. The Hall–Kier alpha value is -1.29. The molecule has 104 valence electrons. The summed E-state index contributed by atoms with van der Waals surface area (Å²) >= 11 is 6.11. The van der Waals surface area contributed by atoms with Gasteiger partial charge in [0.1, 0.15) is 0 Å². The van der Waals surface area contributed by atoms with E-state index in [9.17, 15) is 10.1 Å². The van der Waals surface area contributed by atoms with Crippen LogP contribution in [0.1, 0.15) is 33.1 Å². The molecule has 2 rings (SSSR count). The quantitative estimate of drug-likeness (QED) is 0.657. The van der Waals surface area contributed by atoms with Gasteiger partial charge in [-0.25, -0.2) is 0 Å². The number of nitrogens with zero attached hydrogens (tertiary/aromatic N) is 1. The highest BCUT2D eigenvalue weighted by Gasteiger charge is 2.27. The highest BCUT2D eigenvalue weighted by Crippen LogP contribution is 2.34. The van der Waals surface area contributed by atoms with Crippen LogP contribution in [0.5, 0.6) is 0 Å². The highest BCUT2D eigenvalue weighted by atomic mass is 35.5. The van der Waals surface area contributed by atoms with Crippen molar-refractivity contribution in [1.82, 2.24) is 0 Å². The van der Waals surface area contributed by atoms with Gasteiger partial charge in [0.25, 0.3) is 5.69 Å². The van der Waals surface area contributed by atoms with E-state index < -0.39 is 4.92 Å². The molecule has 1 N–H and O–H groups in total. The highest BCUT2D eigenvalue weighted by molar-refractivity contribution is 6.33. The van der Waals surface area contributed by atoms with E-state index >= 15 is 0 Å². The number of halogens is 1. The Morgan fingerprint density at radius 3 is 2.74 bits per heavy atom. The number of anilines is 1. The number of rotatable bonds is 3. The molecule has 1 saturated carbocycles. The number of nitro benzene ring substituents is 1. The van der Waals surface area contributed by atoms with Crippen LogP contribution >= 0.6 is 11.6 Å². The van der Waals surface area contributed by atoms with E-state index in [2.05, 4.69) is 19.2 Å². The van der Waals surface area contributed by atoms with Crippen molar-refractivity contribution in [3.05, 3.63) is 33.3 Å². The summed E-state index contributed by atoms with van der Waals surface area (Å²) in [4.78, 5) is 10.2. The van der Waals surface area contributed by atoms with Crippen LogP contribution in [0.4, 0.5) is 11.4 Å². The van der Waals surface area contributed by atoms with E-state index in [0.29, 0.717) is 22.9 Å². The maximum absolute atomic E-state index is 10.7. The lowest BCUT2D eigenvalue weighted by molar-refractivity contribution is -0.384. The lowest BCUT2D eigenvalue weighted by Gasteiger charge is -2.35. The maximum Gasteiger partial charge on any atom is 0.271 e. The zero-order valence-electron chi connectivity index (χ0n) is 11.2.